The Kier molecular flexibility index (Phi) is 32.8. The van der Waals surface area contributed by atoms with Crippen LogP contribution in [0.2, 0.25) is 0 Å². The van der Waals surface area contributed by atoms with Crippen molar-refractivity contribution in [3.8, 4) is 0 Å². The minimum absolute atomic E-state index is 0.00896. The second-order valence-electron chi connectivity index (χ2n) is 12.8. The topological polar surface area (TPSA) is 89.8 Å². The summed E-state index contributed by atoms with van der Waals surface area (Å²) in [5.41, 5.74) is 0. The first kappa shape index (κ1) is 41.8. The SMILES string of the molecule is CCCCCCC/C=C/CC/C=C/C(O)C(CO)NC(=O)CC(O)CCCCCCCCCCCCCCCCCCC. The van der Waals surface area contributed by atoms with Gasteiger partial charge in [0, 0.05) is 0 Å². The lowest BCUT2D eigenvalue weighted by Crippen LogP contribution is -2.45. The summed E-state index contributed by atoms with van der Waals surface area (Å²) in [6, 6.07) is -0.755. The minimum Gasteiger partial charge on any atom is -0.394 e. The highest BCUT2D eigenvalue weighted by Crippen LogP contribution is 2.15. The van der Waals surface area contributed by atoms with Crippen molar-refractivity contribution in [2.24, 2.45) is 0 Å². The second-order valence-corrected chi connectivity index (χ2v) is 12.8. The number of hydrogen-bond donors (Lipinski definition) is 4. The van der Waals surface area contributed by atoms with Crippen LogP contribution in [-0.2, 0) is 4.79 Å². The molecule has 0 fully saturated rings. The van der Waals surface area contributed by atoms with Crippen LogP contribution in [0.1, 0.15) is 187 Å². The van der Waals surface area contributed by atoms with Crippen molar-refractivity contribution < 1.29 is 20.1 Å². The van der Waals surface area contributed by atoms with E-state index in [0.717, 1.165) is 32.1 Å². The molecule has 0 spiro atoms. The fraction of sp³-hybridized carbons (Fsp3) is 0.868. The Hall–Kier alpha value is -1.17. The average molecular weight is 608 g/mol. The summed E-state index contributed by atoms with van der Waals surface area (Å²) in [5.74, 6) is -0.326. The van der Waals surface area contributed by atoms with Crippen LogP contribution in [0.5, 0.6) is 0 Å². The van der Waals surface area contributed by atoms with Crippen molar-refractivity contribution in [1.29, 1.82) is 0 Å². The van der Waals surface area contributed by atoms with E-state index in [1.807, 2.05) is 6.08 Å². The van der Waals surface area contributed by atoms with E-state index in [9.17, 15) is 20.1 Å². The van der Waals surface area contributed by atoms with Crippen LogP contribution >= 0.6 is 0 Å². The lowest BCUT2D eigenvalue weighted by molar-refractivity contribution is -0.124. The Morgan fingerprint density at radius 1 is 0.581 bits per heavy atom. The Morgan fingerprint density at radius 3 is 1.49 bits per heavy atom. The normalized spacial score (nSPS) is 14.1. The van der Waals surface area contributed by atoms with Gasteiger partial charge in [0.25, 0.3) is 0 Å². The summed E-state index contributed by atoms with van der Waals surface area (Å²) in [4.78, 5) is 12.3. The number of amides is 1. The van der Waals surface area contributed by atoms with Crippen molar-refractivity contribution >= 4 is 5.91 Å². The molecule has 254 valence electrons. The number of nitrogens with one attached hydrogen (secondary N) is 1. The molecule has 3 unspecified atom stereocenters. The number of aliphatic hydroxyl groups excluding tert-OH is 3. The number of carbonyl (C=O) groups is 1. The van der Waals surface area contributed by atoms with Gasteiger partial charge in [-0.25, -0.2) is 0 Å². The van der Waals surface area contributed by atoms with E-state index in [1.54, 1.807) is 6.08 Å². The van der Waals surface area contributed by atoms with Crippen LogP contribution in [0.15, 0.2) is 24.3 Å². The molecule has 1 amide bonds. The molecule has 0 saturated carbocycles. The molecule has 0 aromatic rings. The third-order valence-electron chi connectivity index (χ3n) is 8.49. The average Bonchev–Trinajstić information content (AvgIpc) is 3.00. The smallest absolute Gasteiger partial charge is 0.222 e. The Balaban J connectivity index is 3.71. The zero-order chi connectivity index (χ0) is 31.6. The van der Waals surface area contributed by atoms with Gasteiger partial charge in [-0.1, -0.05) is 173 Å². The maximum absolute atomic E-state index is 12.3. The second kappa shape index (κ2) is 33.7. The maximum atomic E-state index is 12.3. The highest BCUT2D eigenvalue weighted by atomic mass is 16.3. The number of carbonyl (C=O) groups excluding carboxylic acids is 1. The van der Waals surface area contributed by atoms with Gasteiger partial charge in [0.1, 0.15) is 0 Å². The fourth-order valence-electron chi connectivity index (χ4n) is 5.59. The molecule has 5 nitrogen and oxygen atoms in total. The zero-order valence-electron chi connectivity index (χ0n) is 28.6. The van der Waals surface area contributed by atoms with Crippen LogP contribution < -0.4 is 5.32 Å². The van der Waals surface area contributed by atoms with Gasteiger partial charge in [-0.15, -0.1) is 0 Å². The van der Waals surface area contributed by atoms with Gasteiger partial charge < -0.3 is 20.6 Å². The zero-order valence-corrected chi connectivity index (χ0v) is 28.6. The molecule has 0 radical (unpaired) electrons. The molecule has 0 saturated heterocycles. The molecule has 43 heavy (non-hydrogen) atoms. The fourth-order valence-corrected chi connectivity index (χ4v) is 5.59. The third kappa shape index (κ3) is 30.6. The van der Waals surface area contributed by atoms with Gasteiger partial charge in [0.2, 0.25) is 5.91 Å². The van der Waals surface area contributed by atoms with E-state index in [0.29, 0.717) is 6.42 Å². The number of rotatable bonds is 33. The molecule has 0 heterocycles. The first-order valence-corrected chi connectivity index (χ1v) is 18.6. The van der Waals surface area contributed by atoms with Gasteiger partial charge in [0.15, 0.2) is 0 Å². The Morgan fingerprint density at radius 2 is 1.00 bits per heavy atom. The van der Waals surface area contributed by atoms with E-state index >= 15 is 0 Å². The van der Waals surface area contributed by atoms with Crippen molar-refractivity contribution in [2.45, 2.75) is 205 Å². The molecule has 3 atom stereocenters. The molecule has 0 aliphatic heterocycles. The van der Waals surface area contributed by atoms with Crippen molar-refractivity contribution in [3.63, 3.8) is 0 Å². The molecular formula is C38H73NO4. The van der Waals surface area contributed by atoms with Crippen LogP contribution in [-0.4, -0.2) is 46.1 Å². The van der Waals surface area contributed by atoms with Crippen molar-refractivity contribution in [3.05, 3.63) is 24.3 Å². The molecule has 0 aromatic heterocycles. The van der Waals surface area contributed by atoms with Crippen molar-refractivity contribution in [1.82, 2.24) is 5.32 Å². The molecule has 0 aromatic carbocycles. The molecule has 0 aliphatic carbocycles. The monoisotopic (exact) mass is 608 g/mol. The predicted molar refractivity (Wildman–Crippen MR) is 185 cm³/mol. The summed E-state index contributed by atoms with van der Waals surface area (Å²) in [7, 11) is 0. The van der Waals surface area contributed by atoms with Gasteiger partial charge in [0.05, 0.1) is 31.3 Å². The quantitative estimate of drug-likeness (QED) is 0.0441. The van der Waals surface area contributed by atoms with Gasteiger partial charge >= 0.3 is 0 Å². The van der Waals surface area contributed by atoms with Gasteiger partial charge in [-0.2, -0.15) is 0 Å². The molecule has 0 rings (SSSR count). The lowest BCUT2D eigenvalue weighted by atomic mass is 10.0. The van der Waals surface area contributed by atoms with Gasteiger partial charge in [-0.05, 0) is 32.1 Å². The van der Waals surface area contributed by atoms with Crippen LogP contribution in [0, 0.1) is 0 Å². The molecular weight excluding hydrogens is 534 g/mol. The number of hydrogen-bond acceptors (Lipinski definition) is 4. The minimum atomic E-state index is -0.946. The van der Waals surface area contributed by atoms with Crippen LogP contribution in [0.25, 0.3) is 0 Å². The highest BCUT2D eigenvalue weighted by molar-refractivity contribution is 5.76. The molecule has 0 aliphatic rings. The molecule has 5 heteroatoms. The molecule has 0 bridgehead atoms. The van der Waals surface area contributed by atoms with Crippen LogP contribution in [0.3, 0.4) is 0 Å². The van der Waals surface area contributed by atoms with E-state index in [2.05, 4.69) is 31.3 Å². The lowest BCUT2D eigenvalue weighted by Gasteiger charge is -2.21. The first-order valence-electron chi connectivity index (χ1n) is 18.6. The molecule has 4 N–H and O–H groups in total. The number of unbranched alkanes of at least 4 members (excludes halogenated alkanes) is 22. The maximum Gasteiger partial charge on any atom is 0.222 e. The highest BCUT2D eigenvalue weighted by Gasteiger charge is 2.20. The van der Waals surface area contributed by atoms with Crippen LogP contribution in [0.4, 0.5) is 0 Å². The summed E-state index contributed by atoms with van der Waals surface area (Å²) in [6.07, 6.45) is 38.8. The van der Waals surface area contributed by atoms with Crippen molar-refractivity contribution in [2.75, 3.05) is 6.61 Å². The van der Waals surface area contributed by atoms with E-state index < -0.39 is 18.2 Å². The van der Waals surface area contributed by atoms with E-state index in [1.165, 1.54) is 128 Å². The predicted octanol–water partition coefficient (Wildman–Crippen LogP) is 9.87. The van der Waals surface area contributed by atoms with Gasteiger partial charge in [-0.3, -0.25) is 4.79 Å². The summed E-state index contributed by atoms with van der Waals surface area (Å²) < 4.78 is 0. The number of aliphatic hydroxyl groups is 3. The standard InChI is InChI=1S/C38H73NO4/c1-3-5-7-9-11-13-15-16-17-18-19-20-22-23-25-27-29-31-35(41)33-38(43)39-36(34-40)37(42)32-30-28-26-24-21-14-12-10-8-6-4-2/h21,24,30,32,35-37,40-42H,3-20,22-23,25-29,31,33-34H2,1-2H3,(H,39,43)/b24-21+,32-30+. The summed E-state index contributed by atoms with van der Waals surface area (Å²) >= 11 is 0. The number of allylic oxidation sites excluding steroid dienone is 3. The Labute approximate surface area is 267 Å². The largest absolute Gasteiger partial charge is 0.394 e. The summed E-state index contributed by atoms with van der Waals surface area (Å²) in [6.45, 7) is 4.16. The van der Waals surface area contributed by atoms with E-state index in [-0.39, 0.29) is 18.9 Å². The third-order valence-corrected chi connectivity index (χ3v) is 8.49. The summed E-state index contributed by atoms with van der Waals surface area (Å²) in [5, 5.41) is 33.0. The Bertz CT molecular complexity index is 635. The van der Waals surface area contributed by atoms with E-state index in [4.69, 9.17) is 0 Å². The first-order chi connectivity index (χ1) is 21.0.